The fourth-order valence-corrected chi connectivity index (χ4v) is 3.97. The molecular weight excluding hydrogens is 359 g/mol. The fourth-order valence-electron chi connectivity index (χ4n) is 3.97. The number of piperazine rings is 2. The molecule has 0 saturated carbocycles. The van der Waals surface area contributed by atoms with Gasteiger partial charge in [0.1, 0.15) is 11.2 Å². The van der Waals surface area contributed by atoms with Crippen LogP contribution >= 0.6 is 0 Å². The highest BCUT2D eigenvalue weighted by atomic mass is 19.1. The summed E-state index contributed by atoms with van der Waals surface area (Å²) in [5.74, 6) is -0.430. The Morgan fingerprint density at radius 3 is 1.79 bits per heavy atom. The number of nitrogens with zero attached hydrogens (tertiary/aromatic N) is 4. The Kier molecular flexibility index (Phi) is 6.23. The van der Waals surface area contributed by atoms with E-state index in [0.29, 0.717) is 39.3 Å². The van der Waals surface area contributed by atoms with Crippen LogP contribution in [0, 0.1) is 11.2 Å². The van der Waals surface area contributed by atoms with Crippen LogP contribution in [0.2, 0.25) is 0 Å². The van der Waals surface area contributed by atoms with E-state index in [1.165, 1.54) is 12.1 Å². The van der Waals surface area contributed by atoms with E-state index in [2.05, 4.69) is 16.7 Å². The summed E-state index contributed by atoms with van der Waals surface area (Å²) in [6, 6.07) is 6.42. The third kappa shape index (κ3) is 4.29. The molecule has 1 aromatic carbocycles. The molecule has 0 atom stereocenters. The third-order valence-electron chi connectivity index (χ3n) is 5.93. The van der Waals surface area contributed by atoms with Crippen molar-refractivity contribution >= 4 is 17.5 Å². The van der Waals surface area contributed by atoms with Crippen molar-refractivity contribution in [2.45, 2.75) is 20.8 Å². The number of carbonyl (C=O) groups excluding carboxylic acids is 2. The van der Waals surface area contributed by atoms with Gasteiger partial charge >= 0.3 is 0 Å². The number of hydrogen-bond donors (Lipinski definition) is 0. The predicted molar refractivity (Wildman–Crippen MR) is 108 cm³/mol. The van der Waals surface area contributed by atoms with Gasteiger partial charge in [0, 0.05) is 58.0 Å². The van der Waals surface area contributed by atoms with Crippen LogP contribution in [0.5, 0.6) is 0 Å². The van der Waals surface area contributed by atoms with Gasteiger partial charge in [0.25, 0.3) is 0 Å². The lowest BCUT2D eigenvalue weighted by atomic mass is 9.89. The maximum Gasteiger partial charge on any atom is 0.237 e. The predicted octanol–water partition coefficient (Wildman–Crippen LogP) is 1.66. The highest BCUT2D eigenvalue weighted by Crippen LogP contribution is 2.25. The molecule has 1 aromatic rings. The van der Waals surface area contributed by atoms with Crippen LogP contribution in [0.25, 0.3) is 0 Å². The van der Waals surface area contributed by atoms with Gasteiger partial charge in [-0.2, -0.15) is 0 Å². The highest BCUT2D eigenvalue weighted by Gasteiger charge is 2.42. The summed E-state index contributed by atoms with van der Waals surface area (Å²) < 4.78 is 13.1. The van der Waals surface area contributed by atoms with Gasteiger partial charge in [0.2, 0.25) is 11.8 Å². The molecule has 2 saturated heterocycles. The zero-order chi connectivity index (χ0) is 20.3. The van der Waals surface area contributed by atoms with E-state index in [0.717, 1.165) is 25.3 Å². The number of carbonyl (C=O) groups is 2. The number of likely N-dealkylation sites (N-methyl/N-ethyl adjacent to an activating group) is 1. The fraction of sp³-hybridized carbons (Fsp3) is 0.619. The molecule has 2 heterocycles. The van der Waals surface area contributed by atoms with Crippen molar-refractivity contribution in [3.63, 3.8) is 0 Å². The van der Waals surface area contributed by atoms with Crippen LogP contribution in [0.1, 0.15) is 20.8 Å². The second-order valence-electron chi connectivity index (χ2n) is 8.11. The standard InChI is InChI=1S/C21H31FN4O2/c1-4-23-9-11-25(12-10-23)19(27)21(2,3)20(28)26-15-13-24(14-16-26)18-7-5-17(22)6-8-18/h5-8H,4,9-16H2,1-3H3. The van der Waals surface area contributed by atoms with E-state index < -0.39 is 5.41 Å². The number of halogens is 1. The van der Waals surface area contributed by atoms with Crippen molar-refractivity contribution in [3.05, 3.63) is 30.1 Å². The lowest BCUT2D eigenvalue weighted by Gasteiger charge is -2.41. The minimum absolute atomic E-state index is 0.0748. The van der Waals surface area contributed by atoms with E-state index in [9.17, 15) is 14.0 Å². The van der Waals surface area contributed by atoms with Crippen LogP contribution < -0.4 is 4.90 Å². The summed E-state index contributed by atoms with van der Waals surface area (Å²) in [5.41, 5.74) is -0.0930. The molecule has 0 aromatic heterocycles. The molecule has 3 rings (SSSR count). The first-order chi connectivity index (χ1) is 13.3. The second-order valence-corrected chi connectivity index (χ2v) is 8.11. The van der Waals surface area contributed by atoms with Crippen LogP contribution in [-0.2, 0) is 9.59 Å². The van der Waals surface area contributed by atoms with Crippen LogP contribution in [0.15, 0.2) is 24.3 Å². The van der Waals surface area contributed by atoms with Crippen molar-refractivity contribution in [2.24, 2.45) is 5.41 Å². The van der Waals surface area contributed by atoms with Gasteiger partial charge in [-0.15, -0.1) is 0 Å². The normalized spacial score (nSPS) is 19.1. The molecular formula is C21H31FN4O2. The van der Waals surface area contributed by atoms with Gasteiger partial charge in [0.05, 0.1) is 0 Å². The number of anilines is 1. The number of benzene rings is 1. The Balaban J connectivity index is 1.57. The molecule has 2 aliphatic heterocycles. The van der Waals surface area contributed by atoms with Gasteiger partial charge in [0.15, 0.2) is 0 Å². The van der Waals surface area contributed by atoms with Crippen molar-refractivity contribution in [1.29, 1.82) is 0 Å². The summed E-state index contributed by atoms with van der Waals surface area (Å²) >= 11 is 0. The van der Waals surface area contributed by atoms with Gasteiger partial charge < -0.3 is 19.6 Å². The molecule has 0 radical (unpaired) electrons. The topological polar surface area (TPSA) is 47.1 Å². The lowest BCUT2D eigenvalue weighted by molar-refractivity contribution is -0.155. The first-order valence-corrected chi connectivity index (χ1v) is 10.1. The molecule has 154 valence electrons. The van der Waals surface area contributed by atoms with E-state index in [4.69, 9.17) is 0 Å². The first-order valence-electron chi connectivity index (χ1n) is 10.1. The quantitative estimate of drug-likeness (QED) is 0.734. The molecule has 0 bridgehead atoms. The molecule has 6 nitrogen and oxygen atoms in total. The molecule has 0 aliphatic carbocycles. The minimum atomic E-state index is -1.05. The maximum absolute atomic E-state index is 13.1. The van der Waals surface area contributed by atoms with E-state index >= 15 is 0 Å². The molecule has 0 spiro atoms. The molecule has 2 fully saturated rings. The van der Waals surface area contributed by atoms with Crippen molar-refractivity contribution < 1.29 is 14.0 Å². The molecule has 28 heavy (non-hydrogen) atoms. The Morgan fingerprint density at radius 2 is 1.32 bits per heavy atom. The smallest absolute Gasteiger partial charge is 0.237 e. The van der Waals surface area contributed by atoms with E-state index in [1.807, 2.05) is 4.90 Å². The SMILES string of the molecule is CCN1CCN(C(=O)C(C)(C)C(=O)N2CCN(c3ccc(F)cc3)CC2)CC1. The monoisotopic (exact) mass is 390 g/mol. The summed E-state index contributed by atoms with van der Waals surface area (Å²) in [5, 5.41) is 0. The molecule has 7 heteroatoms. The summed E-state index contributed by atoms with van der Waals surface area (Å²) in [6.07, 6.45) is 0. The average molecular weight is 391 g/mol. The van der Waals surface area contributed by atoms with Gasteiger partial charge in [-0.1, -0.05) is 6.92 Å². The van der Waals surface area contributed by atoms with Crippen molar-refractivity contribution in [2.75, 3.05) is 63.8 Å². The van der Waals surface area contributed by atoms with Crippen molar-refractivity contribution in [3.8, 4) is 0 Å². The summed E-state index contributed by atoms with van der Waals surface area (Å²) in [6.45, 7) is 12.2. The Labute approximate surface area is 166 Å². The maximum atomic E-state index is 13.1. The molecule has 0 N–H and O–H groups in total. The van der Waals surface area contributed by atoms with E-state index in [-0.39, 0.29) is 17.6 Å². The zero-order valence-electron chi connectivity index (χ0n) is 17.2. The molecule has 0 unspecified atom stereocenters. The van der Waals surface area contributed by atoms with Crippen LogP contribution in [0.3, 0.4) is 0 Å². The Hall–Kier alpha value is -2.15. The number of hydrogen-bond acceptors (Lipinski definition) is 4. The minimum Gasteiger partial charge on any atom is -0.368 e. The number of rotatable bonds is 4. The van der Waals surface area contributed by atoms with Crippen molar-refractivity contribution in [1.82, 2.24) is 14.7 Å². The Bertz CT molecular complexity index is 691. The Morgan fingerprint density at radius 1 is 0.857 bits per heavy atom. The largest absolute Gasteiger partial charge is 0.368 e. The zero-order valence-corrected chi connectivity index (χ0v) is 17.2. The highest BCUT2D eigenvalue weighted by molar-refractivity contribution is 6.04. The summed E-state index contributed by atoms with van der Waals surface area (Å²) in [7, 11) is 0. The first kappa shape index (κ1) is 20.6. The second kappa shape index (κ2) is 8.47. The average Bonchev–Trinajstić information content (AvgIpc) is 2.73. The lowest BCUT2D eigenvalue weighted by Crippen LogP contribution is -2.58. The van der Waals surface area contributed by atoms with Crippen LogP contribution in [-0.4, -0.2) is 85.4 Å². The van der Waals surface area contributed by atoms with Crippen LogP contribution in [0.4, 0.5) is 10.1 Å². The molecule has 2 amide bonds. The van der Waals surface area contributed by atoms with Gasteiger partial charge in [-0.05, 0) is 44.7 Å². The van der Waals surface area contributed by atoms with Gasteiger partial charge in [-0.3, -0.25) is 9.59 Å². The third-order valence-corrected chi connectivity index (χ3v) is 5.93. The van der Waals surface area contributed by atoms with Gasteiger partial charge in [-0.25, -0.2) is 4.39 Å². The van der Waals surface area contributed by atoms with E-state index in [1.54, 1.807) is 30.9 Å². The summed E-state index contributed by atoms with van der Waals surface area (Å²) in [4.78, 5) is 34.2. The molecule has 2 aliphatic rings. The number of amides is 2.